The van der Waals surface area contributed by atoms with E-state index in [2.05, 4.69) is 57.3 Å². The molecule has 3 N–H and O–H groups in total. The molecule has 0 aliphatic heterocycles. The molecule has 1 saturated carbocycles. The third kappa shape index (κ3) is 4.48. The maximum atomic E-state index is 12.5. The highest BCUT2D eigenvalue weighted by atomic mass is 35.5. The summed E-state index contributed by atoms with van der Waals surface area (Å²) in [6.07, 6.45) is 0.950. The Labute approximate surface area is 146 Å². The molecule has 1 fully saturated rings. The van der Waals surface area contributed by atoms with Gasteiger partial charge in [-0.25, -0.2) is 0 Å². The maximum absolute atomic E-state index is 12.5. The van der Waals surface area contributed by atoms with Gasteiger partial charge in [0, 0.05) is 12.5 Å². The molecular formula is C19H31ClN2O. The number of halogens is 1. The van der Waals surface area contributed by atoms with E-state index >= 15 is 0 Å². The second-order valence-electron chi connectivity index (χ2n) is 7.54. The van der Waals surface area contributed by atoms with Gasteiger partial charge in [-0.15, -0.1) is 12.4 Å². The van der Waals surface area contributed by atoms with Crippen molar-refractivity contribution in [2.45, 2.75) is 58.4 Å². The van der Waals surface area contributed by atoms with Crippen molar-refractivity contribution in [3.05, 3.63) is 35.4 Å². The number of amides is 1. The van der Waals surface area contributed by atoms with Gasteiger partial charge in [0.2, 0.25) is 5.91 Å². The summed E-state index contributed by atoms with van der Waals surface area (Å²) in [6, 6.07) is 8.73. The van der Waals surface area contributed by atoms with E-state index in [9.17, 15) is 4.79 Å². The van der Waals surface area contributed by atoms with Crippen molar-refractivity contribution >= 4 is 18.3 Å². The van der Waals surface area contributed by atoms with E-state index in [-0.39, 0.29) is 29.8 Å². The van der Waals surface area contributed by atoms with E-state index < -0.39 is 0 Å². The highest BCUT2D eigenvalue weighted by Gasteiger charge is 2.45. The van der Waals surface area contributed by atoms with Gasteiger partial charge in [0.05, 0.1) is 5.54 Å². The monoisotopic (exact) mass is 338 g/mol. The minimum absolute atomic E-state index is 0. The number of hydrogen-bond acceptors (Lipinski definition) is 2. The molecule has 3 nitrogen and oxygen atoms in total. The molecule has 1 aliphatic carbocycles. The lowest BCUT2D eigenvalue weighted by Gasteiger charge is -2.33. The van der Waals surface area contributed by atoms with Crippen molar-refractivity contribution in [2.75, 3.05) is 6.54 Å². The minimum atomic E-state index is -0.314. The van der Waals surface area contributed by atoms with E-state index in [0.717, 1.165) is 6.42 Å². The lowest BCUT2D eigenvalue weighted by molar-refractivity contribution is -0.124. The van der Waals surface area contributed by atoms with E-state index in [1.807, 2.05) is 6.92 Å². The van der Waals surface area contributed by atoms with Gasteiger partial charge in [-0.1, -0.05) is 52.0 Å². The lowest BCUT2D eigenvalue weighted by atomic mass is 9.88. The Morgan fingerprint density at radius 2 is 1.83 bits per heavy atom. The lowest BCUT2D eigenvalue weighted by Crippen LogP contribution is -2.55. The van der Waals surface area contributed by atoms with Crippen molar-refractivity contribution in [3.63, 3.8) is 0 Å². The summed E-state index contributed by atoms with van der Waals surface area (Å²) in [5.74, 6) is 1.50. The Bertz CT molecular complexity index is 527. The summed E-state index contributed by atoms with van der Waals surface area (Å²) < 4.78 is 0. The Kier molecular flexibility index (Phi) is 6.67. The first kappa shape index (κ1) is 20.0. The van der Waals surface area contributed by atoms with Crippen LogP contribution in [-0.4, -0.2) is 18.0 Å². The third-order valence-electron chi connectivity index (χ3n) is 5.27. The Hall–Kier alpha value is -1.06. The fourth-order valence-corrected chi connectivity index (χ4v) is 2.79. The predicted octanol–water partition coefficient (Wildman–Crippen LogP) is 3.82. The normalized spacial score (nSPS) is 22.4. The second kappa shape index (κ2) is 7.67. The number of nitrogens with two attached hydrogens (primary N) is 1. The SMILES string of the molecule is CC(C)c1ccc(C2CC2C(=O)NC(C)(CN)C(C)C)cc1.Cl. The number of carbonyl (C=O) groups excluding carboxylic acids is 1. The Balaban J connectivity index is 0.00000264. The van der Waals surface area contributed by atoms with Crippen LogP contribution in [-0.2, 0) is 4.79 Å². The van der Waals surface area contributed by atoms with Crippen LogP contribution in [0.25, 0.3) is 0 Å². The topological polar surface area (TPSA) is 55.1 Å². The zero-order chi connectivity index (χ0) is 16.5. The van der Waals surface area contributed by atoms with E-state index in [1.54, 1.807) is 0 Å². The van der Waals surface area contributed by atoms with Crippen molar-refractivity contribution in [2.24, 2.45) is 17.6 Å². The molecule has 23 heavy (non-hydrogen) atoms. The second-order valence-corrected chi connectivity index (χ2v) is 7.54. The predicted molar refractivity (Wildman–Crippen MR) is 99.1 cm³/mol. The Morgan fingerprint density at radius 1 is 1.26 bits per heavy atom. The quantitative estimate of drug-likeness (QED) is 0.828. The van der Waals surface area contributed by atoms with Crippen molar-refractivity contribution in [1.29, 1.82) is 0 Å². The summed E-state index contributed by atoms with van der Waals surface area (Å²) >= 11 is 0. The van der Waals surface area contributed by atoms with Crippen LogP contribution in [0.3, 0.4) is 0 Å². The summed E-state index contributed by atoms with van der Waals surface area (Å²) in [5.41, 5.74) is 8.17. The fraction of sp³-hybridized carbons (Fsp3) is 0.632. The van der Waals surface area contributed by atoms with E-state index in [4.69, 9.17) is 5.73 Å². The number of carbonyl (C=O) groups is 1. The van der Waals surface area contributed by atoms with Gasteiger partial charge in [0.1, 0.15) is 0 Å². The van der Waals surface area contributed by atoms with Crippen LogP contribution in [0, 0.1) is 11.8 Å². The molecule has 130 valence electrons. The zero-order valence-corrected chi connectivity index (χ0v) is 15.7. The van der Waals surface area contributed by atoms with Crippen molar-refractivity contribution in [3.8, 4) is 0 Å². The van der Waals surface area contributed by atoms with Gasteiger partial charge >= 0.3 is 0 Å². The molecule has 0 heterocycles. The molecule has 2 rings (SSSR count). The summed E-state index contributed by atoms with van der Waals surface area (Å²) in [6.45, 7) is 11.1. The average Bonchev–Trinajstić information content (AvgIpc) is 3.27. The van der Waals surface area contributed by atoms with Crippen LogP contribution >= 0.6 is 12.4 Å². The van der Waals surface area contributed by atoms with Gasteiger partial charge < -0.3 is 11.1 Å². The van der Waals surface area contributed by atoms with Crippen LogP contribution < -0.4 is 11.1 Å². The van der Waals surface area contributed by atoms with Crippen LogP contribution in [0.5, 0.6) is 0 Å². The van der Waals surface area contributed by atoms with Crippen molar-refractivity contribution in [1.82, 2.24) is 5.32 Å². The van der Waals surface area contributed by atoms with Gasteiger partial charge in [0.25, 0.3) is 0 Å². The number of rotatable bonds is 6. The third-order valence-corrected chi connectivity index (χ3v) is 5.27. The first-order valence-corrected chi connectivity index (χ1v) is 8.40. The number of benzene rings is 1. The van der Waals surface area contributed by atoms with E-state index in [0.29, 0.717) is 24.3 Å². The van der Waals surface area contributed by atoms with Crippen molar-refractivity contribution < 1.29 is 4.79 Å². The average molecular weight is 339 g/mol. The summed E-state index contributed by atoms with van der Waals surface area (Å²) in [7, 11) is 0. The molecule has 3 atom stereocenters. The van der Waals surface area contributed by atoms with Crippen LogP contribution in [0.4, 0.5) is 0 Å². The first-order chi connectivity index (χ1) is 10.3. The molecule has 4 heteroatoms. The molecule has 1 aromatic carbocycles. The summed E-state index contributed by atoms with van der Waals surface area (Å²) in [4.78, 5) is 12.5. The largest absolute Gasteiger partial charge is 0.349 e. The fourth-order valence-electron chi connectivity index (χ4n) is 2.79. The molecule has 0 bridgehead atoms. The number of hydrogen-bond donors (Lipinski definition) is 2. The summed E-state index contributed by atoms with van der Waals surface area (Å²) in [5, 5.41) is 3.17. The molecular weight excluding hydrogens is 308 g/mol. The van der Waals surface area contributed by atoms with Gasteiger partial charge in [-0.3, -0.25) is 4.79 Å². The molecule has 0 radical (unpaired) electrons. The van der Waals surface area contributed by atoms with Crippen LogP contribution in [0.2, 0.25) is 0 Å². The van der Waals surface area contributed by atoms with Gasteiger partial charge in [-0.05, 0) is 42.2 Å². The standard InChI is InChI=1S/C19H30N2O.ClH/c1-12(2)14-6-8-15(9-7-14)16-10-17(16)18(22)21-19(5,11-20)13(3)4;/h6-9,12-13,16-17H,10-11,20H2,1-5H3,(H,21,22);1H. The zero-order valence-electron chi connectivity index (χ0n) is 14.9. The highest BCUT2D eigenvalue weighted by molar-refractivity contribution is 5.85. The molecule has 0 saturated heterocycles. The Morgan fingerprint density at radius 3 is 2.26 bits per heavy atom. The van der Waals surface area contributed by atoms with Gasteiger partial charge in [0.15, 0.2) is 0 Å². The molecule has 0 spiro atoms. The van der Waals surface area contributed by atoms with Crippen LogP contribution in [0.1, 0.15) is 64.0 Å². The molecule has 1 amide bonds. The smallest absolute Gasteiger partial charge is 0.224 e. The number of nitrogens with one attached hydrogen (secondary N) is 1. The van der Waals surface area contributed by atoms with Crippen LogP contribution in [0.15, 0.2) is 24.3 Å². The molecule has 1 aromatic rings. The molecule has 0 aromatic heterocycles. The minimum Gasteiger partial charge on any atom is -0.349 e. The highest BCUT2D eigenvalue weighted by Crippen LogP contribution is 2.48. The van der Waals surface area contributed by atoms with E-state index in [1.165, 1.54) is 11.1 Å². The molecule has 1 aliphatic rings. The first-order valence-electron chi connectivity index (χ1n) is 8.40. The molecule has 3 unspecified atom stereocenters. The van der Waals surface area contributed by atoms with Gasteiger partial charge in [-0.2, -0.15) is 0 Å². The maximum Gasteiger partial charge on any atom is 0.224 e.